The molecule has 1 aliphatic heterocycles. The molecule has 0 aliphatic carbocycles. The van der Waals surface area contributed by atoms with Crippen LogP contribution in [0.3, 0.4) is 0 Å². The van der Waals surface area contributed by atoms with Crippen molar-refractivity contribution in [1.29, 1.82) is 0 Å². The van der Waals surface area contributed by atoms with E-state index in [1.165, 1.54) is 19.3 Å². The molecule has 0 radical (unpaired) electrons. The quantitative estimate of drug-likeness (QED) is 0.865. The van der Waals surface area contributed by atoms with Gasteiger partial charge < -0.3 is 10.7 Å². The van der Waals surface area contributed by atoms with E-state index in [1.807, 2.05) is 33.8 Å². The first-order valence-electron chi connectivity index (χ1n) is 8.65. The molecule has 0 spiro atoms. The van der Waals surface area contributed by atoms with E-state index in [4.69, 9.17) is 0 Å². The number of pyridine rings is 1. The molecule has 0 unspecified atom stereocenters. The van der Waals surface area contributed by atoms with E-state index in [2.05, 4.69) is 27.7 Å². The number of nitrogens with one attached hydrogen (secondary N) is 2. The van der Waals surface area contributed by atoms with Crippen molar-refractivity contribution < 1.29 is 4.79 Å². The largest absolute Gasteiger partial charge is 0.318 e. The van der Waals surface area contributed by atoms with Crippen LogP contribution < -0.4 is 10.7 Å². The summed E-state index contributed by atoms with van der Waals surface area (Å²) in [7, 11) is 0. The lowest BCUT2D eigenvalue weighted by Gasteiger charge is -2.29. The first kappa shape index (κ1) is 17.7. The fourth-order valence-corrected chi connectivity index (χ4v) is 2.54. The zero-order valence-electron chi connectivity index (χ0n) is 15.1. The first-order valence-corrected chi connectivity index (χ1v) is 8.65. The van der Waals surface area contributed by atoms with Crippen LogP contribution in [0.4, 0.5) is 11.5 Å². The normalized spacial score (nSPS) is 16.2. The maximum Gasteiger partial charge on any atom is 0.231 e. The molecule has 0 aromatic carbocycles. The minimum Gasteiger partial charge on any atom is -0.318 e. The maximum atomic E-state index is 12.4. The number of rotatable bonds is 5. The Kier molecular flexibility index (Phi) is 5.63. The van der Waals surface area contributed by atoms with E-state index in [0.717, 1.165) is 36.5 Å². The average molecular weight is 318 g/mol. The van der Waals surface area contributed by atoms with Crippen molar-refractivity contribution in [1.82, 2.24) is 9.99 Å². The summed E-state index contributed by atoms with van der Waals surface area (Å²) in [5, 5.41) is 5.23. The van der Waals surface area contributed by atoms with Crippen LogP contribution in [-0.2, 0) is 4.79 Å². The lowest BCUT2D eigenvalue weighted by Crippen LogP contribution is -2.35. The molecule has 2 N–H and O–H groups in total. The third-order valence-electron chi connectivity index (χ3n) is 4.89. The number of hydrogen-bond donors (Lipinski definition) is 2. The maximum absolute atomic E-state index is 12.4. The Morgan fingerprint density at radius 2 is 1.91 bits per heavy atom. The molecule has 5 heteroatoms. The summed E-state index contributed by atoms with van der Waals surface area (Å²) in [5.41, 5.74) is 6.21. The summed E-state index contributed by atoms with van der Waals surface area (Å²) in [5.74, 6) is 0.638. The van der Waals surface area contributed by atoms with Crippen LogP contribution in [0, 0.1) is 19.3 Å². The first-order chi connectivity index (χ1) is 10.8. The van der Waals surface area contributed by atoms with Gasteiger partial charge in [-0.1, -0.05) is 27.2 Å². The number of aryl methyl sites for hydroxylation is 1. The van der Waals surface area contributed by atoms with Gasteiger partial charge in [-0.3, -0.25) is 4.79 Å². The number of hydrogen-bond acceptors (Lipinski definition) is 4. The van der Waals surface area contributed by atoms with Crippen LogP contribution in [0.25, 0.3) is 0 Å². The Hall–Kier alpha value is -1.62. The van der Waals surface area contributed by atoms with Gasteiger partial charge in [0.1, 0.15) is 5.82 Å². The summed E-state index contributed by atoms with van der Waals surface area (Å²) in [6, 6.07) is 1.95. The van der Waals surface area contributed by atoms with Crippen molar-refractivity contribution in [2.75, 3.05) is 23.8 Å². The summed E-state index contributed by atoms with van der Waals surface area (Å²) >= 11 is 0. The van der Waals surface area contributed by atoms with Crippen LogP contribution in [0.1, 0.15) is 57.7 Å². The minimum atomic E-state index is -0.388. The molecule has 1 saturated heterocycles. The molecule has 5 nitrogen and oxygen atoms in total. The van der Waals surface area contributed by atoms with Gasteiger partial charge in [-0.15, -0.1) is 0 Å². The molecule has 128 valence electrons. The molecular formula is C18H30N4O. The highest BCUT2D eigenvalue weighted by Gasteiger charge is 2.26. The van der Waals surface area contributed by atoms with E-state index in [0.29, 0.717) is 5.82 Å². The number of amides is 1. The van der Waals surface area contributed by atoms with Crippen LogP contribution in [0.5, 0.6) is 0 Å². The Morgan fingerprint density at radius 1 is 1.26 bits per heavy atom. The van der Waals surface area contributed by atoms with Crippen molar-refractivity contribution in [3.63, 3.8) is 0 Å². The van der Waals surface area contributed by atoms with Gasteiger partial charge in [0.15, 0.2) is 0 Å². The lowest BCUT2D eigenvalue weighted by atomic mass is 9.89. The van der Waals surface area contributed by atoms with Crippen molar-refractivity contribution in [3.8, 4) is 0 Å². The highest BCUT2D eigenvalue weighted by Crippen LogP contribution is 2.26. The molecule has 2 heterocycles. The summed E-state index contributed by atoms with van der Waals surface area (Å²) < 4.78 is 0. The average Bonchev–Trinajstić information content (AvgIpc) is 2.53. The molecule has 1 aromatic heterocycles. The Morgan fingerprint density at radius 3 is 2.52 bits per heavy atom. The molecule has 1 amide bonds. The molecule has 0 saturated carbocycles. The van der Waals surface area contributed by atoms with Crippen LogP contribution in [0.2, 0.25) is 0 Å². The number of carbonyl (C=O) groups excluding carboxylic acids is 1. The second-order valence-corrected chi connectivity index (χ2v) is 7.12. The van der Waals surface area contributed by atoms with E-state index in [-0.39, 0.29) is 11.3 Å². The highest BCUT2D eigenvalue weighted by molar-refractivity contribution is 5.94. The van der Waals surface area contributed by atoms with Gasteiger partial charge in [-0.2, -0.15) is 0 Å². The number of hydrazine groups is 1. The molecule has 1 aliphatic rings. The van der Waals surface area contributed by atoms with Crippen molar-refractivity contribution in [2.45, 2.75) is 60.3 Å². The number of anilines is 2. The number of aromatic nitrogens is 1. The summed E-state index contributed by atoms with van der Waals surface area (Å²) in [4.78, 5) is 16.9. The molecule has 2 rings (SSSR count). The van der Waals surface area contributed by atoms with E-state index in [1.54, 1.807) is 0 Å². The molecule has 1 fully saturated rings. The molecule has 0 bridgehead atoms. The zero-order valence-corrected chi connectivity index (χ0v) is 15.1. The van der Waals surface area contributed by atoms with Gasteiger partial charge in [0.05, 0.1) is 5.69 Å². The van der Waals surface area contributed by atoms with Gasteiger partial charge in [-0.25, -0.2) is 9.99 Å². The third kappa shape index (κ3) is 4.44. The number of nitrogens with zero attached hydrogens (tertiary/aromatic N) is 2. The highest BCUT2D eigenvalue weighted by atomic mass is 16.2. The predicted molar refractivity (Wildman–Crippen MR) is 95.5 cm³/mol. The second-order valence-electron chi connectivity index (χ2n) is 7.12. The van der Waals surface area contributed by atoms with Gasteiger partial charge in [0.2, 0.25) is 5.91 Å². The minimum absolute atomic E-state index is 0.0136. The van der Waals surface area contributed by atoms with E-state index < -0.39 is 0 Å². The molecule has 1 aromatic rings. The topological polar surface area (TPSA) is 57.3 Å². The Bertz CT molecular complexity index is 562. The Balaban J connectivity index is 2.16. The molecular weight excluding hydrogens is 288 g/mol. The predicted octanol–water partition coefficient (Wildman–Crippen LogP) is 3.89. The van der Waals surface area contributed by atoms with Gasteiger partial charge in [-0.05, 0) is 38.7 Å². The summed E-state index contributed by atoms with van der Waals surface area (Å²) in [6.07, 6.45) is 4.55. The molecule has 23 heavy (non-hydrogen) atoms. The van der Waals surface area contributed by atoms with Crippen LogP contribution in [-0.4, -0.2) is 29.0 Å². The fraction of sp³-hybridized carbons (Fsp3) is 0.667. The fourth-order valence-electron chi connectivity index (χ4n) is 2.54. The molecule has 0 atom stereocenters. The monoisotopic (exact) mass is 318 g/mol. The van der Waals surface area contributed by atoms with Crippen LogP contribution >= 0.6 is 0 Å². The Labute approximate surface area is 139 Å². The number of piperidine rings is 1. The van der Waals surface area contributed by atoms with Gasteiger partial charge in [0.25, 0.3) is 0 Å². The van der Waals surface area contributed by atoms with Crippen LogP contribution in [0.15, 0.2) is 6.07 Å². The lowest BCUT2D eigenvalue weighted by molar-refractivity contribution is -0.124. The van der Waals surface area contributed by atoms with Crippen molar-refractivity contribution in [3.05, 3.63) is 17.3 Å². The third-order valence-corrected chi connectivity index (χ3v) is 4.89. The van der Waals surface area contributed by atoms with E-state index >= 15 is 0 Å². The number of carbonyl (C=O) groups is 1. The summed E-state index contributed by atoms with van der Waals surface area (Å²) in [6.45, 7) is 12.1. The SMILES string of the molecule is CCC(C)(C)C(=O)Nc1cc(NN2CCCCC2)c(C)c(C)n1. The van der Waals surface area contributed by atoms with Crippen molar-refractivity contribution in [2.24, 2.45) is 5.41 Å². The smallest absolute Gasteiger partial charge is 0.231 e. The van der Waals surface area contributed by atoms with Crippen molar-refractivity contribution >= 4 is 17.4 Å². The standard InChI is InChI=1S/C18H30N4O/c1-6-18(4,5)17(23)20-16-12-15(13(2)14(3)19-16)21-22-10-8-7-9-11-22/h12H,6-11H2,1-5H3,(H2,19,20,21,23). The second kappa shape index (κ2) is 7.30. The van der Waals surface area contributed by atoms with E-state index in [9.17, 15) is 4.79 Å². The van der Waals surface area contributed by atoms with Gasteiger partial charge in [0, 0.05) is 30.3 Å². The zero-order chi connectivity index (χ0) is 17.0. The van der Waals surface area contributed by atoms with Gasteiger partial charge >= 0.3 is 0 Å².